The molecule has 1 heterocycles. The first kappa shape index (κ1) is 13.5. The Morgan fingerprint density at radius 2 is 1.95 bits per heavy atom. The van der Waals surface area contributed by atoms with E-state index in [1.54, 1.807) is 12.1 Å². The van der Waals surface area contributed by atoms with Crippen LogP contribution < -0.4 is 11.1 Å². The maximum Gasteiger partial charge on any atom is 0.248 e. The van der Waals surface area contributed by atoms with Crippen molar-refractivity contribution in [1.29, 1.82) is 0 Å². The summed E-state index contributed by atoms with van der Waals surface area (Å²) in [4.78, 5) is 20.0. The fraction of sp³-hybridized carbons (Fsp3) is 0.312. The molecule has 3 rings (SSSR count). The highest BCUT2D eigenvalue weighted by Gasteiger charge is 2.21. The highest BCUT2D eigenvalue weighted by atomic mass is 16.1. The van der Waals surface area contributed by atoms with Gasteiger partial charge in [-0.25, -0.2) is 9.97 Å². The third-order valence-electron chi connectivity index (χ3n) is 3.82. The van der Waals surface area contributed by atoms with Gasteiger partial charge in [-0.3, -0.25) is 4.79 Å². The quantitative estimate of drug-likeness (QED) is 0.903. The summed E-state index contributed by atoms with van der Waals surface area (Å²) in [5.74, 6) is 1.71. The zero-order chi connectivity index (χ0) is 14.8. The monoisotopic (exact) mass is 282 g/mol. The fourth-order valence-corrected chi connectivity index (χ4v) is 2.43. The Kier molecular flexibility index (Phi) is 3.56. The molecule has 2 aromatic rings. The van der Waals surface area contributed by atoms with Gasteiger partial charge >= 0.3 is 0 Å². The zero-order valence-corrected chi connectivity index (χ0v) is 12.0. The van der Waals surface area contributed by atoms with Crippen LogP contribution in [0.15, 0.2) is 30.3 Å². The molecule has 0 saturated heterocycles. The molecule has 0 atom stereocenters. The number of rotatable bonds is 4. The third-order valence-corrected chi connectivity index (χ3v) is 3.82. The number of hydrogen-bond donors (Lipinski definition) is 2. The molecule has 0 unspecified atom stereocenters. The minimum atomic E-state index is -0.424. The summed E-state index contributed by atoms with van der Waals surface area (Å²) in [5.41, 5.74) is 7.71. The zero-order valence-electron chi connectivity index (χ0n) is 12.0. The number of nitrogens with one attached hydrogen (secondary N) is 1. The van der Waals surface area contributed by atoms with Crippen LogP contribution in [0.3, 0.4) is 0 Å². The van der Waals surface area contributed by atoms with Gasteiger partial charge in [-0.15, -0.1) is 0 Å². The lowest BCUT2D eigenvalue weighted by Crippen LogP contribution is -2.12. The molecule has 5 nitrogen and oxygen atoms in total. The van der Waals surface area contributed by atoms with Crippen LogP contribution in [-0.2, 0) is 0 Å². The van der Waals surface area contributed by atoms with Gasteiger partial charge in [-0.2, -0.15) is 0 Å². The van der Waals surface area contributed by atoms with Crippen LogP contribution in [0.5, 0.6) is 0 Å². The second-order valence-corrected chi connectivity index (χ2v) is 5.42. The van der Waals surface area contributed by atoms with Crippen molar-refractivity contribution < 1.29 is 4.79 Å². The lowest BCUT2D eigenvalue weighted by molar-refractivity contribution is 0.100. The maximum absolute atomic E-state index is 11.1. The molecule has 1 fully saturated rings. The van der Waals surface area contributed by atoms with Crippen LogP contribution in [0, 0.1) is 6.92 Å². The van der Waals surface area contributed by atoms with E-state index in [1.807, 2.05) is 25.1 Å². The topological polar surface area (TPSA) is 80.9 Å². The van der Waals surface area contributed by atoms with E-state index in [0.29, 0.717) is 11.5 Å². The summed E-state index contributed by atoms with van der Waals surface area (Å²) in [7, 11) is 0. The van der Waals surface area contributed by atoms with Crippen molar-refractivity contribution in [3.8, 4) is 0 Å². The summed E-state index contributed by atoms with van der Waals surface area (Å²) in [6.07, 6.45) is 3.71. The molecular formula is C16H18N4O. The largest absolute Gasteiger partial charge is 0.366 e. The van der Waals surface area contributed by atoms with Crippen molar-refractivity contribution in [2.24, 2.45) is 5.73 Å². The van der Waals surface area contributed by atoms with Crippen LogP contribution in [0.2, 0.25) is 0 Å². The van der Waals surface area contributed by atoms with Crippen molar-refractivity contribution >= 4 is 17.4 Å². The molecule has 0 bridgehead atoms. The molecule has 5 heteroatoms. The Balaban J connectivity index is 1.80. The Bertz CT molecular complexity index is 662. The van der Waals surface area contributed by atoms with Gasteiger partial charge in [0.15, 0.2) is 0 Å². The summed E-state index contributed by atoms with van der Waals surface area (Å²) in [5, 5.41) is 3.25. The lowest BCUT2D eigenvalue weighted by atomic mass is 9.83. The maximum atomic E-state index is 11.1. The molecule has 1 aliphatic carbocycles. The number of primary amides is 1. The van der Waals surface area contributed by atoms with Crippen molar-refractivity contribution in [3.63, 3.8) is 0 Å². The van der Waals surface area contributed by atoms with Crippen LogP contribution in [0.4, 0.5) is 11.5 Å². The number of amides is 1. The number of carbonyl (C=O) groups is 1. The average Bonchev–Trinajstić information content (AvgIpc) is 2.36. The van der Waals surface area contributed by atoms with E-state index in [1.165, 1.54) is 19.3 Å². The van der Waals surface area contributed by atoms with E-state index in [9.17, 15) is 4.79 Å². The van der Waals surface area contributed by atoms with Gasteiger partial charge in [0.1, 0.15) is 11.6 Å². The number of hydrogen-bond acceptors (Lipinski definition) is 4. The van der Waals surface area contributed by atoms with Gasteiger partial charge in [0.2, 0.25) is 5.91 Å². The van der Waals surface area contributed by atoms with Gasteiger partial charge in [-0.1, -0.05) is 6.42 Å². The summed E-state index contributed by atoms with van der Waals surface area (Å²) in [6.45, 7) is 1.91. The number of aromatic nitrogens is 2. The van der Waals surface area contributed by atoms with Crippen molar-refractivity contribution in [2.45, 2.75) is 32.1 Å². The number of nitrogens with zero attached hydrogens (tertiary/aromatic N) is 2. The molecule has 3 N–H and O–H groups in total. The number of anilines is 2. The van der Waals surface area contributed by atoms with Crippen LogP contribution >= 0.6 is 0 Å². The second-order valence-electron chi connectivity index (χ2n) is 5.42. The summed E-state index contributed by atoms with van der Waals surface area (Å²) >= 11 is 0. The standard InChI is InChI=1S/C16H18N4O/c1-10-18-14(11-3-2-4-11)9-15(19-10)20-13-7-5-12(6-8-13)16(17)21/h5-9,11H,2-4H2,1H3,(H2,17,21)(H,18,19,20). The van der Waals surface area contributed by atoms with Gasteiger partial charge < -0.3 is 11.1 Å². The molecule has 0 spiro atoms. The number of nitrogens with two attached hydrogens (primary N) is 1. The SMILES string of the molecule is Cc1nc(Nc2ccc(C(N)=O)cc2)cc(C2CCC2)n1. The Hall–Kier alpha value is -2.43. The van der Waals surface area contributed by atoms with Crippen molar-refractivity contribution in [1.82, 2.24) is 9.97 Å². The fourth-order valence-electron chi connectivity index (χ4n) is 2.43. The van der Waals surface area contributed by atoms with Gasteiger partial charge in [0.25, 0.3) is 0 Å². The molecule has 1 saturated carbocycles. The van der Waals surface area contributed by atoms with Gasteiger partial charge in [-0.05, 0) is 44.0 Å². The molecule has 108 valence electrons. The average molecular weight is 282 g/mol. The molecule has 1 aliphatic rings. The number of carbonyl (C=O) groups excluding carboxylic acids is 1. The molecular weight excluding hydrogens is 264 g/mol. The molecule has 21 heavy (non-hydrogen) atoms. The van der Waals surface area contributed by atoms with Crippen molar-refractivity contribution in [2.75, 3.05) is 5.32 Å². The first-order valence-corrected chi connectivity index (χ1v) is 7.14. The van der Waals surface area contributed by atoms with E-state index in [-0.39, 0.29) is 0 Å². The number of aryl methyl sites for hydroxylation is 1. The third kappa shape index (κ3) is 3.02. The van der Waals surface area contributed by atoms with Crippen molar-refractivity contribution in [3.05, 3.63) is 47.4 Å². The first-order chi connectivity index (χ1) is 10.1. The Morgan fingerprint density at radius 1 is 1.24 bits per heavy atom. The smallest absolute Gasteiger partial charge is 0.248 e. The van der Waals surface area contributed by atoms with Crippen LogP contribution in [0.25, 0.3) is 0 Å². The minimum Gasteiger partial charge on any atom is -0.366 e. The highest BCUT2D eigenvalue weighted by molar-refractivity contribution is 5.93. The van der Waals surface area contributed by atoms with E-state index in [0.717, 1.165) is 23.0 Å². The second kappa shape index (κ2) is 5.52. The Morgan fingerprint density at radius 3 is 2.52 bits per heavy atom. The van der Waals surface area contributed by atoms with Gasteiger partial charge in [0.05, 0.1) is 0 Å². The number of benzene rings is 1. The van der Waals surface area contributed by atoms with E-state index < -0.39 is 5.91 Å². The van der Waals surface area contributed by atoms with Crippen LogP contribution in [-0.4, -0.2) is 15.9 Å². The first-order valence-electron chi connectivity index (χ1n) is 7.14. The molecule has 1 aromatic heterocycles. The van der Waals surface area contributed by atoms with E-state index in [4.69, 9.17) is 5.73 Å². The predicted molar refractivity (Wildman–Crippen MR) is 81.6 cm³/mol. The molecule has 0 radical (unpaired) electrons. The predicted octanol–water partition coefficient (Wildman–Crippen LogP) is 2.90. The highest BCUT2D eigenvalue weighted by Crippen LogP contribution is 2.36. The van der Waals surface area contributed by atoms with E-state index >= 15 is 0 Å². The summed E-state index contributed by atoms with van der Waals surface area (Å²) in [6, 6.07) is 9.05. The van der Waals surface area contributed by atoms with E-state index in [2.05, 4.69) is 15.3 Å². The molecule has 0 aliphatic heterocycles. The minimum absolute atomic E-state index is 0.424. The lowest BCUT2D eigenvalue weighted by Gasteiger charge is -2.25. The summed E-state index contributed by atoms with van der Waals surface area (Å²) < 4.78 is 0. The Labute approximate surface area is 123 Å². The van der Waals surface area contributed by atoms with Gasteiger partial charge in [0, 0.05) is 28.9 Å². The molecule has 1 amide bonds. The normalized spacial score (nSPS) is 14.5. The van der Waals surface area contributed by atoms with Crippen LogP contribution in [0.1, 0.15) is 47.1 Å². The molecule has 1 aromatic carbocycles.